The summed E-state index contributed by atoms with van der Waals surface area (Å²) in [6.45, 7) is 8.35. The van der Waals surface area contributed by atoms with Gasteiger partial charge in [0.2, 0.25) is 0 Å². The lowest BCUT2D eigenvalue weighted by Gasteiger charge is -2.31. The Bertz CT molecular complexity index is 772. The van der Waals surface area contributed by atoms with Gasteiger partial charge in [0.15, 0.2) is 0 Å². The lowest BCUT2D eigenvalue weighted by atomic mass is 9.79. The van der Waals surface area contributed by atoms with Crippen LogP contribution in [0.4, 0.5) is 0 Å². The molecular formula is C27H39NO2. The van der Waals surface area contributed by atoms with Crippen LogP contribution in [0.5, 0.6) is 5.75 Å². The fourth-order valence-electron chi connectivity index (χ4n) is 4.38. The molecule has 0 amide bonds. The van der Waals surface area contributed by atoms with Crippen LogP contribution in [-0.2, 0) is 12.0 Å². The number of hydrogen-bond acceptors (Lipinski definition) is 3. The quantitative estimate of drug-likeness (QED) is 0.453. The van der Waals surface area contributed by atoms with Gasteiger partial charge in [0, 0.05) is 11.6 Å². The van der Waals surface area contributed by atoms with Crippen molar-refractivity contribution in [3.05, 3.63) is 65.2 Å². The molecule has 1 heterocycles. The van der Waals surface area contributed by atoms with Crippen LogP contribution in [0.3, 0.4) is 0 Å². The van der Waals surface area contributed by atoms with Crippen LogP contribution in [0.2, 0.25) is 0 Å². The van der Waals surface area contributed by atoms with Gasteiger partial charge < -0.3 is 15.2 Å². The molecule has 0 bridgehead atoms. The number of ether oxygens (including phenoxy) is 1. The van der Waals surface area contributed by atoms with E-state index in [0.29, 0.717) is 6.61 Å². The number of rotatable bonds is 10. The van der Waals surface area contributed by atoms with E-state index in [1.807, 2.05) is 6.07 Å². The first-order chi connectivity index (χ1) is 14.5. The Morgan fingerprint density at radius 1 is 1.07 bits per heavy atom. The Morgan fingerprint density at radius 2 is 1.87 bits per heavy atom. The average molecular weight is 410 g/mol. The Balaban J connectivity index is 1.81. The third-order valence-electron chi connectivity index (χ3n) is 6.44. The van der Waals surface area contributed by atoms with Crippen molar-refractivity contribution in [3.63, 3.8) is 0 Å². The third kappa shape index (κ3) is 6.33. The van der Waals surface area contributed by atoms with Crippen molar-refractivity contribution in [3.8, 4) is 5.75 Å². The molecule has 0 aromatic heterocycles. The molecule has 2 unspecified atom stereocenters. The summed E-state index contributed by atoms with van der Waals surface area (Å²) in [6, 6.07) is 17.2. The van der Waals surface area contributed by atoms with E-state index in [9.17, 15) is 5.11 Å². The van der Waals surface area contributed by atoms with E-state index in [-0.39, 0.29) is 17.6 Å². The molecule has 1 fully saturated rings. The third-order valence-corrected chi connectivity index (χ3v) is 6.44. The monoisotopic (exact) mass is 409 g/mol. The zero-order chi connectivity index (χ0) is 21.4. The van der Waals surface area contributed by atoms with Gasteiger partial charge in [0.25, 0.3) is 0 Å². The van der Waals surface area contributed by atoms with Crippen LogP contribution in [0.1, 0.15) is 88.4 Å². The first-order valence-electron chi connectivity index (χ1n) is 11.7. The predicted octanol–water partition coefficient (Wildman–Crippen LogP) is 6.30. The van der Waals surface area contributed by atoms with Crippen LogP contribution >= 0.6 is 0 Å². The first kappa shape index (κ1) is 22.8. The Kier molecular flexibility index (Phi) is 8.35. The summed E-state index contributed by atoms with van der Waals surface area (Å²) < 4.78 is 6.37. The Labute approximate surface area is 182 Å². The predicted molar refractivity (Wildman–Crippen MR) is 125 cm³/mol. The van der Waals surface area contributed by atoms with Gasteiger partial charge in [-0.05, 0) is 48.4 Å². The number of nitrogens with one attached hydrogen (secondary N) is 1. The lowest BCUT2D eigenvalue weighted by molar-refractivity contribution is 0.115. The summed E-state index contributed by atoms with van der Waals surface area (Å²) >= 11 is 0. The van der Waals surface area contributed by atoms with Crippen molar-refractivity contribution in [2.24, 2.45) is 0 Å². The lowest BCUT2D eigenvalue weighted by Crippen LogP contribution is -2.34. The van der Waals surface area contributed by atoms with E-state index in [1.165, 1.54) is 43.2 Å². The van der Waals surface area contributed by atoms with Gasteiger partial charge in [-0.25, -0.2) is 0 Å². The summed E-state index contributed by atoms with van der Waals surface area (Å²) in [7, 11) is 0. The fourth-order valence-corrected chi connectivity index (χ4v) is 4.38. The summed E-state index contributed by atoms with van der Waals surface area (Å²) in [5.41, 5.74) is 3.79. The van der Waals surface area contributed by atoms with Crippen molar-refractivity contribution >= 4 is 0 Å². The highest BCUT2D eigenvalue weighted by molar-refractivity contribution is 5.42. The number of piperidine rings is 1. The Hall–Kier alpha value is -1.84. The molecule has 2 N–H and O–H groups in total. The van der Waals surface area contributed by atoms with Crippen molar-refractivity contribution in [2.45, 2.75) is 89.9 Å². The summed E-state index contributed by atoms with van der Waals surface area (Å²) in [6.07, 6.45) is 7.65. The van der Waals surface area contributed by atoms with Crippen LogP contribution < -0.4 is 10.1 Å². The van der Waals surface area contributed by atoms with Gasteiger partial charge in [-0.2, -0.15) is 0 Å². The highest BCUT2D eigenvalue weighted by Gasteiger charge is 2.26. The smallest absolute Gasteiger partial charge is 0.124 e. The molecule has 0 radical (unpaired) electrons. The molecule has 1 aliphatic heterocycles. The zero-order valence-corrected chi connectivity index (χ0v) is 19.0. The number of aliphatic hydroxyl groups is 1. The highest BCUT2D eigenvalue weighted by atomic mass is 16.5. The van der Waals surface area contributed by atoms with E-state index < -0.39 is 0 Å². The molecule has 0 aliphatic carbocycles. The minimum Gasteiger partial charge on any atom is -0.489 e. The summed E-state index contributed by atoms with van der Waals surface area (Å²) in [5.74, 6) is 0.949. The minimum atomic E-state index is -0.243. The van der Waals surface area contributed by atoms with E-state index >= 15 is 0 Å². The molecule has 2 aromatic rings. The Morgan fingerprint density at radius 3 is 2.60 bits per heavy atom. The number of hydrogen-bond donors (Lipinski definition) is 2. The number of benzene rings is 2. The van der Waals surface area contributed by atoms with Crippen molar-refractivity contribution in [2.75, 3.05) is 6.54 Å². The van der Waals surface area contributed by atoms with Crippen LogP contribution in [0.25, 0.3) is 0 Å². The maximum Gasteiger partial charge on any atom is 0.124 e. The maximum atomic E-state index is 10.2. The van der Waals surface area contributed by atoms with Gasteiger partial charge in [-0.15, -0.1) is 0 Å². The van der Waals surface area contributed by atoms with E-state index in [4.69, 9.17) is 4.74 Å². The van der Waals surface area contributed by atoms with Crippen LogP contribution in [-0.4, -0.2) is 17.8 Å². The summed E-state index contributed by atoms with van der Waals surface area (Å²) in [5, 5.41) is 13.8. The van der Waals surface area contributed by atoms with E-state index in [0.717, 1.165) is 30.7 Å². The number of unbranched alkanes of at least 4 members (excludes halogenated alkanes) is 3. The zero-order valence-electron chi connectivity index (χ0n) is 19.0. The second-order valence-corrected chi connectivity index (χ2v) is 9.41. The summed E-state index contributed by atoms with van der Waals surface area (Å²) in [4.78, 5) is 0. The molecule has 1 saturated heterocycles. The SMILES string of the molecule is CCCCCCC(C)(C)c1ccc(C2CC(O)CCN2)c(OCc2ccccc2)c1. The molecule has 2 aromatic carbocycles. The van der Waals surface area contributed by atoms with Crippen molar-refractivity contribution < 1.29 is 9.84 Å². The molecule has 3 nitrogen and oxygen atoms in total. The number of aliphatic hydroxyl groups excluding tert-OH is 1. The standard InChI is InChI=1S/C27H39NO2/c1-4-5-6-10-16-27(2,3)22-13-14-24(25-19-23(29)15-17-28-25)26(18-22)30-20-21-11-8-7-9-12-21/h7-9,11-14,18,23,25,28-29H,4-6,10,15-17,19-20H2,1-3H3. The van der Waals surface area contributed by atoms with E-state index in [1.54, 1.807) is 0 Å². The maximum absolute atomic E-state index is 10.2. The van der Waals surface area contributed by atoms with Gasteiger partial charge in [-0.3, -0.25) is 0 Å². The van der Waals surface area contributed by atoms with Crippen LogP contribution in [0, 0.1) is 0 Å². The van der Waals surface area contributed by atoms with Gasteiger partial charge in [-0.1, -0.05) is 88.9 Å². The van der Waals surface area contributed by atoms with Crippen molar-refractivity contribution in [1.29, 1.82) is 0 Å². The molecule has 1 aliphatic rings. The molecular weight excluding hydrogens is 370 g/mol. The second-order valence-electron chi connectivity index (χ2n) is 9.41. The molecule has 30 heavy (non-hydrogen) atoms. The first-order valence-corrected chi connectivity index (χ1v) is 11.7. The minimum absolute atomic E-state index is 0.122. The van der Waals surface area contributed by atoms with Crippen LogP contribution in [0.15, 0.2) is 48.5 Å². The molecule has 2 atom stereocenters. The van der Waals surface area contributed by atoms with Gasteiger partial charge >= 0.3 is 0 Å². The van der Waals surface area contributed by atoms with Crippen molar-refractivity contribution in [1.82, 2.24) is 5.32 Å². The molecule has 0 spiro atoms. The normalized spacial score (nSPS) is 19.6. The fraction of sp³-hybridized carbons (Fsp3) is 0.556. The highest BCUT2D eigenvalue weighted by Crippen LogP contribution is 2.37. The molecule has 3 rings (SSSR count). The average Bonchev–Trinajstić information content (AvgIpc) is 2.76. The topological polar surface area (TPSA) is 41.5 Å². The molecule has 3 heteroatoms. The van der Waals surface area contributed by atoms with Gasteiger partial charge in [0.1, 0.15) is 12.4 Å². The molecule has 164 valence electrons. The molecule has 0 saturated carbocycles. The van der Waals surface area contributed by atoms with Gasteiger partial charge in [0.05, 0.1) is 6.10 Å². The van der Waals surface area contributed by atoms with E-state index in [2.05, 4.69) is 68.6 Å². The second kappa shape index (κ2) is 11.0. The largest absolute Gasteiger partial charge is 0.489 e.